The first-order valence-electron chi connectivity index (χ1n) is 9.75. The molecule has 2 atom stereocenters. The Morgan fingerprint density at radius 2 is 2.04 bits per heavy atom. The van der Waals surface area contributed by atoms with Crippen molar-refractivity contribution in [2.24, 2.45) is 16.8 Å². The highest BCUT2D eigenvalue weighted by Gasteiger charge is 2.36. The van der Waals surface area contributed by atoms with Crippen molar-refractivity contribution in [3.05, 3.63) is 0 Å². The van der Waals surface area contributed by atoms with Crippen molar-refractivity contribution in [2.45, 2.75) is 57.4 Å². The molecule has 0 spiro atoms. The zero-order chi connectivity index (χ0) is 17.4. The quantitative estimate of drug-likeness (QED) is 0.385. The third-order valence-corrected chi connectivity index (χ3v) is 5.63. The zero-order valence-corrected chi connectivity index (χ0v) is 16.2. The number of nitrogens with one attached hydrogen (secondary N) is 2. The predicted octanol–water partition coefficient (Wildman–Crippen LogP) is 2.48. The van der Waals surface area contributed by atoms with Crippen LogP contribution in [0.15, 0.2) is 4.99 Å². The summed E-state index contributed by atoms with van der Waals surface area (Å²) in [6.45, 7) is 6.06. The molecule has 5 heteroatoms. The minimum atomic E-state index is 0.253. The maximum atomic E-state index is 5.68. The smallest absolute Gasteiger partial charge is 0.191 e. The molecule has 24 heavy (non-hydrogen) atoms. The van der Waals surface area contributed by atoms with Gasteiger partial charge in [0, 0.05) is 38.9 Å². The van der Waals surface area contributed by atoms with Gasteiger partial charge in [0.25, 0.3) is 0 Å². The molecule has 0 aromatic heterocycles. The summed E-state index contributed by atoms with van der Waals surface area (Å²) in [4.78, 5) is 6.78. The molecule has 2 fully saturated rings. The number of guanidine groups is 1. The lowest BCUT2D eigenvalue weighted by molar-refractivity contribution is 0.0795. The van der Waals surface area contributed by atoms with Crippen molar-refractivity contribution in [3.63, 3.8) is 0 Å². The molecule has 0 radical (unpaired) electrons. The van der Waals surface area contributed by atoms with Gasteiger partial charge in [-0.2, -0.15) is 0 Å². The Bertz CT molecular complexity index is 395. The third-order valence-electron chi connectivity index (χ3n) is 5.63. The first kappa shape index (κ1) is 19.5. The molecule has 2 aliphatic carbocycles. The Balaban J connectivity index is 1.66. The second kappa shape index (κ2) is 9.62. The molecule has 0 aromatic carbocycles. The molecule has 2 N–H and O–H groups in total. The number of aliphatic imine (C=N–C) groups is 1. The molecule has 0 bridgehead atoms. The number of rotatable bonds is 9. The Morgan fingerprint density at radius 1 is 1.25 bits per heavy atom. The van der Waals surface area contributed by atoms with Gasteiger partial charge in [-0.3, -0.25) is 4.99 Å². The molecule has 0 saturated heterocycles. The van der Waals surface area contributed by atoms with E-state index in [1.54, 1.807) is 0 Å². The van der Waals surface area contributed by atoms with Crippen molar-refractivity contribution in [2.75, 3.05) is 47.4 Å². The fourth-order valence-corrected chi connectivity index (χ4v) is 3.74. The van der Waals surface area contributed by atoms with Crippen LogP contribution in [0.2, 0.25) is 0 Å². The van der Waals surface area contributed by atoms with Crippen molar-refractivity contribution in [1.29, 1.82) is 0 Å². The average molecular weight is 339 g/mol. The Labute approximate surface area is 148 Å². The minimum Gasteiger partial charge on any atom is -0.381 e. The van der Waals surface area contributed by atoms with Crippen LogP contribution >= 0.6 is 0 Å². The minimum absolute atomic E-state index is 0.253. The van der Waals surface area contributed by atoms with Crippen molar-refractivity contribution in [3.8, 4) is 0 Å². The SMILES string of the molecule is CN=C(NCCCOCC1CC1)NCC1(N(C)C)CCCC(C)C1. The molecular formula is C19H38N4O. The van der Waals surface area contributed by atoms with E-state index in [0.717, 1.165) is 50.5 Å². The summed E-state index contributed by atoms with van der Waals surface area (Å²) < 4.78 is 5.68. The number of hydrogen-bond donors (Lipinski definition) is 2. The molecule has 2 unspecified atom stereocenters. The second-order valence-corrected chi connectivity index (χ2v) is 8.04. The fraction of sp³-hybridized carbons (Fsp3) is 0.947. The van der Waals surface area contributed by atoms with E-state index in [0.29, 0.717) is 0 Å². The van der Waals surface area contributed by atoms with E-state index in [1.807, 2.05) is 7.05 Å². The van der Waals surface area contributed by atoms with Gasteiger partial charge in [0.05, 0.1) is 0 Å². The topological polar surface area (TPSA) is 48.9 Å². The lowest BCUT2D eigenvalue weighted by Crippen LogP contribution is -2.56. The van der Waals surface area contributed by atoms with Crippen LogP contribution in [0.5, 0.6) is 0 Å². The third kappa shape index (κ3) is 6.25. The molecule has 0 aromatic rings. The molecule has 0 heterocycles. The second-order valence-electron chi connectivity index (χ2n) is 8.04. The van der Waals surface area contributed by atoms with E-state index in [-0.39, 0.29) is 5.54 Å². The van der Waals surface area contributed by atoms with E-state index < -0.39 is 0 Å². The van der Waals surface area contributed by atoms with Crippen LogP contribution in [-0.2, 0) is 4.74 Å². The van der Waals surface area contributed by atoms with Crippen LogP contribution in [-0.4, -0.2) is 63.8 Å². The molecule has 2 saturated carbocycles. The van der Waals surface area contributed by atoms with Gasteiger partial charge in [-0.25, -0.2) is 0 Å². The van der Waals surface area contributed by atoms with E-state index in [2.05, 4.69) is 41.5 Å². The number of nitrogens with zero attached hydrogens (tertiary/aromatic N) is 2. The molecule has 2 aliphatic rings. The van der Waals surface area contributed by atoms with Crippen molar-refractivity contribution >= 4 is 5.96 Å². The van der Waals surface area contributed by atoms with Crippen molar-refractivity contribution in [1.82, 2.24) is 15.5 Å². The van der Waals surface area contributed by atoms with E-state index >= 15 is 0 Å². The van der Waals surface area contributed by atoms with Crippen LogP contribution < -0.4 is 10.6 Å². The summed E-state index contributed by atoms with van der Waals surface area (Å²) in [5.74, 6) is 2.57. The largest absolute Gasteiger partial charge is 0.381 e. The number of likely N-dealkylation sites (N-methyl/N-ethyl adjacent to an activating group) is 1. The molecule has 0 amide bonds. The summed E-state index contributed by atoms with van der Waals surface area (Å²) in [6.07, 6.45) is 8.97. The first-order chi connectivity index (χ1) is 11.6. The molecular weight excluding hydrogens is 300 g/mol. The molecule has 0 aliphatic heterocycles. The van der Waals surface area contributed by atoms with Gasteiger partial charge in [0.15, 0.2) is 5.96 Å². The van der Waals surface area contributed by atoms with Gasteiger partial charge in [-0.1, -0.05) is 19.8 Å². The number of ether oxygens (including phenoxy) is 1. The van der Waals surface area contributed by atoms with Gasteiger partial charge in [-0.05, 0) is 58.0 Å². The van der Waals surface area contributed by atoms with Gasteiger partial charge >= 0.3 is 0 Å². The van der Waals surface area contributed by atoms with Crippen LogP contribution in [0.1, 0.15) is 51.9 Å². The van der Waals surface area contributed by atoms with Gasteiger partial charge in [0.1, 0.15) is 0 Å². The summed E-state index contributed by atoms with van der Waals surface area (Å²) in [5, 5.41) is 6.98. The highest BCUT2D eigenvalue weighted by atomic mass is 16.5. The molecule has 5 nitrogen and oxygen atoms in total. The normalized spacial score (nSPS) is 28.2. The summed E-state index contributed by atoms with van der Waals surface area (Å²) in [5.41, 5.74) is 0.253. The predicted molar refractivity (Wildman–Crippen MR) is 102 cm³/mol. The maximum Gasteiger partial charge on any atom is 0.191 e. The highest BCUT2D eigenvalue weighted by molar-refractivity contribution is 5.79. The van der Waals surface area contributed by atoms with Crippen LogP contribution in [0.3, 0.4) is 0 Å². The van der Waals surface area contributed by atoms with Gasteiger partial charge < -0.3 is 20.3 Å². The summed E-state index contributed by atoms with van der Waals surface area (Å²) in [7, 11) is 6.28. The van der Waals surface area contributed by atoms with E-state index in [4.69, 9.17) is 4.74 Å². The monoisotopic (exact) mass is 338 g/mol. The highest BCUT2D eigenvalue weighted by Crippen LogP contribution is 2.35. The first-order valence-corrected chi connectivity index (χ1v) is 9.75. The molecule has 2 rings (SSSR count). The number of hydrogen-bond acceptors (Lipinski definition) is 3. The van der Waals surface area contributed by atoms with E-state index in [1.165, 1.54) is 38.5 Å². The fourth-order valence-electron chi connectivity index (χ4n) is 3.74. The Kier molecular flexibility index (Phi) is 7.82. The Morgan fingerprint density at radius 3 is 2.67 bits per heavy atom. The summed E-state index contributed by atoms with van der Waals surface area (Å²) >= 11 is 0. The van der Waals surface area contributed by atoms with Crippen LogP contribution in [0, 0.1) is 11.8 Å². The lowest BCUT2D eigenvalue weighted by atomic mass is 9.75. The van der Waals surface area contributed by atoms with Crippen molar-refractivity contribution < 1.29 is 4.74 Å². The lowest BCUT2D eigenvalue weighted by Gasteiger charge is -2.45. The van der Waals surface area contributed by atoms with Crippen LogP contribution in [0.25, 0.3) is 0 Å². The van der Waals surface area contributed by atoms with Crippen LogP contribution in [0.4, 0.5) is 0 Å². The summed E-state index contributed by atoms with van der Waals surface area (Å²) in [6, 6.07) is 0. The van der Waals surface area contributed by atoms with E-state index in [9.17, 15) is 0 Å². The van der Waals surface area contributed by atoms with Gasteiger partial charge in [0.2, 0.25) is 0 Å². The molecule has 140 valence electrons. The zero-order valence-electron chi connectivity index (χ0n) is 16.2. The Hall–Kier alpha value is -0.810. The maximum absolute atomic E-state index is 5.68. The standard InChI is InChI=1S/C19H38N4O/c1-16-7-5-10-19(13-16,23(3)4)15-22-18(20-2)21-11-6-12-24-14-17-8-9-17/h16-17H,5-15H2,1-4H3,(H2,20,21,22). The average Bonchev–Trinajstić information content (AvgIpc) is 3.37. The van der Waals surface area contributed by atoms with Gasteiger partial charge in [-0.15, -0.1) is 0 Å².